The van der Waals surface area contributed by atoms with Gasteiger partial charge < -0.3 is 4.42 Å². The minimum atomic E-state index is -4.35. The van der Waals surface area contributed by atoms with Gasteiger partial charge in [-0.25, -0.2) is 4.98 Å². The predicted molar refractivity (Wildman–Crippen MR) is 79.4 cm³/mol. The molecule has 23 heavy (non-hydrogen) atoms. The number of oxazole rings is 1. The number of halogens is 3. The molecule has 0 aliphatic rings. The van der Waals surface area contributed by atoms with Crippen molar-refractivity contribution >= 4 is 0 Å². The molecular formula is C18H10F3NO. The van der Waals surface area contributed by atoms with Gasteiger partial charge in [-0.2, -0.15) is 13.2 Å². The van der Waals surface area contributed by atoms with E-state index >= 15 is 0 Å². The Morgan fingerprint density at radius 1 is 0.870 bits per heavy atom. The fourth-order valence-electron chi connectivity index (χ4n) is 1.94. The van der Waals surface area contributed by atoms with Gasteiger partial charge in [-0.3, -0.25) is 0 Å². The topological polar surface area (TPSA) is 26.0 Å². The lowest BCUT2D eigenvalue weighted by atomic mass is 10.1. The third-order valence-corrected chi connectivity index (χ3v) is 3.09. The fourth-order valence-corrected chi connectivity index (χ4v) is 1.94. The molecule has 0 atom stereocenters. The van der Waals surface area contributed by atoms with Crippen LogP contribution in [-0.2, 0) is 6.18 Å². The molecule has 0 aliphatic carbocycles. The molecule has 0 fully saturated rings. The molecule has 0 unspecified atom stereocenters. The van der Waals surface area contributed by atoms with E-state index in [1.165, 1.54) is 12.1 Å². The van der Waals surface area contributed by atoms with Crippen LogP contribution >= 0.6 is 0 Å². The van der Waals surface area contributed by atoms with Gasteiger partial charge in [0.05, 0.1) is 11.8 Å². The molecule has 5 heteroatoms. The average molecular weight is 313 g/mol. The summed E-state index contributed by atoms with van der Waals surface area (Å²) in [6.07, 6.45) is -2.79. The lowest BCUT2D eigenvalue weighted by Crippen LogP contribution is -2.04. The number of rotatable bonds is 1. The molecule has 3 aromatic rings. The number of nitrogens with zero attached hydrogens (tertiary/aromatic N) is 1. The monoisotopic (exact) mass is 313 g/mol. The van der Waals surface area contributed by atoms with Gasteiger partial charge in [-0.1, -0.05) is 36.3 Å². The number of hydrogen-bond donors (Lipinski definition) is 0. The molecule has 0 amide bonds. The van der Waals surface area contributed by atoms with E-state index in [4.69, 9.17) is 4.42 Å². The zero-order valence-electron chi connectivity index (χ0n) is 11.8. The van der Waals surface area contributed by atoms with Crippen molar-refractivity contribution in [2.75, 3.05) is 0 Å². The van der Waals surface area contributed by atoms with E-state index in [0.717, 1.165) is 17.7 Å². The van der Waals surface area contributed by atoms with Gasteiger partial charge in [0.1, 0.15) is 0 Å². The molecule has 0 saturated carbocycles. The summed E-state index contributed by atoms with van der Waals surface area (Å²) < 4.78 is 42.9. The highest BCUT2D eigenvalue weighted by Crippen LogP contribution is 2.29. The van der Waals surface area contributed by atoms with Crippen molar-refractivity contribution in [3.8, 4) is 23.2 Å². The quantitative estimate of drug-likeness (QED) is 0.605. The highest BCUT2D eigenvalue weighted by Gasteiger charge is 2.29. The summed E-state index contributed by atoms with van der Waals surface area (Å²) in [5, 5.41) is 0. The SMILES string of the molecule is FC(F)(F)c1ccc(C#Cc2ncc(-c3ccccc3)o2)cc1. The van der Waals surface area contributed by atoms with Crippen LogP contribution in [0, 0.1) is 11.8 Å². The van der Waals surface area contributed by atoms with Crippen LogP contribution in [0.25, 0.3) is 11.3 Å². The molecule has 2 aromatic carbocycles. The van der Waals surface area contributed by atoms with Crippen LogP contribution in [0.3, 0.4) is 0 Å². The Morgan fingerprint density at radius 3 is 2.22 bits per heavy atom. The molecule has 3 rings (SSSR count). The van der Waals surface area contributed by atoms with E-state index in [1.54, 1.807) is 6.20 Å². The van der Waals surface area contributed by atoms with Crippen molar-refractivity contribution in [3.05, 3.63) is 77.8 Å². The molecule has 1 heterocycles. The lowest BCUT2D eigenvalue weighted by molar-refractivity contribution is -0.137. The molecule has 0 radical (unpaired) electrons. The van der Waals surface area contributed by atoms with Gasteiger partial charge in [-0.15, -0.1) is 0 Å². The second-order valence-electron chi connectivity index (χ2n) is 4.72. The maximum Gasteiger partial charge on any atom is 0.416 e. The highest BCUT2D eigenvalue weighted by atomic mass is 19.4. The van der Waals surface area contributed by atoms with Gasteiger partial charge >= 0.3 is 6.18 Å². The maximum absolute atomic E-state index is 12.5. The Balaban J connectivity index is 1.79. The summed E-state index contributed by atoms with van der Waals surface area (Å²) in [7, 11) is 0. The van der Waals surface area contributed by atoms with E-state index in [2.05, 4.69) is 16.8 Å². The standard InChI is InChI=1S/C18H10F3NO/c19-18(20,21)15-9-6-13(7-10-15)8-11-17-22-12-16(23-17)14-4-2-1-3-5-14/h1-7,9-10,12H. The van der Waals surface area contributed by atoms with E-state index in [9.17, 15) is 13.2 Å². The van der Waals surface area contributed by atoms with Crippen molar-refractivity contribution in [1.82, 2.24) is 4.98 Å². The fraction of sp³-hybridized carbons (Fsp3) is 0.0556. The minimum absolute atomic E-state index is 0.212. The molecule has 0 N–H and O–H groups in total. The second kappa shape index (κ2) is 6.01. The number of alkyl halides is 3. The van der Waals surface area contributed by atoms with E-state index in [0.29, 0.717) is 11.3 Å². The Hall–Kier alpha value is -3.00. The third-order valence-electron chi connectivity index (χ3n) is 3.09. The summed E-state index contributed by atoms with van der Waals surface area (Å²) in [6, 6.07) is 14.0. The molecule has 0 saturated heterocycles. The molecular weight excluding hydrogens is 303 g/mol. The minimum Gasteiger partial charge on any atom is -0.430 e. The zero-order valence-corrected chi connectivity index (χ0v) is 11.8. The van der Waals surface area contributed by atoms with Crippen LogP contribution < -0.4 is 0 Å². The summed E-state index contributed by atoms with van der Waals surface area (Å²) in [5.41, 5.74) is 0.630. The van der Waals surface area contributed by atoms with E-state index < -0.39 is 11.7 Å². The van der Waals surface area contributed by atoms with Crippen LogP contribution in [0.15, 0.2) is 65.2 Å². The van der Waals surface area contributed by atoms with Crippen molar-refractivity contribution < 1.29 is 17.6 Å². The van der Waals surface area contributed by atoms with Gasteiger partial charge in [-0.05, 0) is 30.2 Å². The van der Waals surface area contributed by atoms with Crippen LogP contribution in [0.2, 0.25) is 0 Å². The van der Waals surface area contributed by atoms with Crippen LogP contribution in [0.5, 0.6) is 0 Å². The summed E-state index contributed by atoms with van der Waals surface area (Å²) in [6.45, 7) is 0. The van der Waals surface area contributed by atoms with Gasteiger partial charge in [0.2, 0.25) is 0 Å². The molecule has 0 spiro atoms. The molecule has 1 aromatic heterocycles. The second-order valence-corrected chi connectivity index (χ2v) is 4.72. The number of hydrogen-bond acceptors (Lipinski definition) is 2. The van der Waals surface area contributed by atoms with Gasteiger partial charge in [0.15, 0.2) is 5.76 Å². The number of aromatic nitrogens is 1. The Labute approximate surface area is 130 Å². The maximum atomic E-state index is 12.5. The molecule has 2 nitrogen and oxygen atoms in total. The largest absolute Gasteiger partial charge is 0.430 e. The van der Waals surface area contributed by atoms with Gasteiger partial charge in [0.25, 0.3) is 5.89 Å². The van der Waals surface area contributed by atoms with Crippen molar-refractivity contribution in [1.29, 1.82) is 0 Å². The average Bonchev–Trinajstić information content (AvgIpc) is 3.02. The van der Waals surface area contributed by atoms with Crippen molar-refractivity contribution in [2.45, 2.75) is 6.18 Å². The van der Waals surface area contributed by atoms with Crippen molar-refractivity contribution in [2.24, 2.45) is 0 Å². The van der Waals surface area contributed by atoms with Gasteiger partial charge in [0, 0.05) is 11.1 Å². The predicted octanol–water partition coefficient (Wildman–Crippen LogP) is 4.76. The zero-order chi connectivity index (χ0) is 16.3. The first kappa shape index (κ1) is 14.9. The van der Waals surface area contributed by atoms with Crippen LogP contribution in [0.1, 0.15) is 17.0 Å². The van der Waals surface area contributed by atoms with Crippen LogP contribution in [0.4, 0.5) is 13.2 Å². The molecule has 0 aliphatic heterocycles. The summed E-state index contributed by atoms with van der Waals surface area (Å²) in [4.78, 5) is 4.04. The molecule has 114 valence electrons. The first-order valence-electron chi connectivity index (χ1n) is 6.73. The van der Waals surface area contributed by atoms with E-state index in [1.807, 2.05) is 30.3 Å². The third kappa shape index (κ3) is 3.61. The van der Waals surface area contributed by atoms with Crippen LogP contribution in [-0.4, -0.2) is 4.98 Å². The smallest absolute Gasteiger partial charge is 0.416 e. The van der Waals surface area contributed by atoms with E-state index in [-0.39, 0.29) is 5.89 Å². The Kier molecular flexibility index (Phi) is 3.90. The summed E-state index contributed by atoms with van der Waals surface area (Å²) in [5.74, 6) is 6.23. The number of benzene rings is 2. The highest BCUT2D eigenvalue weighted by molar-refractivity contribution is 5.56. The summed E-state index contributed by atoms with van der Waals surface area (Å²) >= 11 is 0. The Bertz CT molecular complexity index is 853. The Morgan fingerprint density at radius 2 is 1.57 bits per heavy atom. The van der Waals surface area contributed by atoms with Crippen molar-refractivity contribution in [3.63, 3.8) is 0 Å². The normalized spacial score (nSPS) is 10.9. The lowest BCUT2D eigenvalue weighted by Gasteiger charge is -2.05. The first-order chi connectivity index (χ1) is 11.0. The first-order valence-corrected chi connectivity index (χ1v) is 6.73. The molecule has 0 bridgehead atoms.